The molecule has 0 radical (unpaired) electrons. The molecule has 116 valence electrons. The lowest BCUT2D eigenvalue weighted by molar-refractivity contribution is 0.0922. The molecule has 1 fully saturated rings. The van der Waals surface area contributed by atoms with E-state index in [2.05, 4.69) is 28.8 Å². The number of rotatable bonds is 7. The molecule has 0 spiro atoms. The summed E-state index contributed by atoms with van der Waals surface area (Å²) in [5, 5.41) is 0. The fourth-order valence-corrected chi connectivity index (χ4v) is 2.61. The molecule has 0 amide bonds. The molecule has 1 aliphatic heterocycles. The van der Waals surface area contributed by atoms with Crippen molar-refractivity contribution < 1.29 is 4.79 Å². The maximum absolute atomic E-state index is 12.1. The third kappa shape index (κ3) is 5.58. The second kappa shape index (κ2) is 8.27. The molecular formula is C17H27N3O. The first-order valence-electron chi connectivity index (χ1n) is 7.83. The summed E-state index contributed by atoms with van der Waals surface area (Å²) in [6.45, 7) is 7.54. The normalized spacial score (nSPS) is 17.3. The molecule has 0 aliphatic carbocycles. The van der Waals surface area contributed by atoms with Crippen molar-refractivity contribution in [2.24, 2.45) is 0 Å². The number of ketones is 1. The van der Waals surface area contributed by atoms with Gasteiger partial charge in [-0.15, -0.1) is 0 Å². The third-order valence-corrected chi connectivity index (χ3v) is 4.08. The summed E-state index contributed by atoms with van der Waals surface area (Å²) in [5.74, 6) is 0.255. The van der Waals surface area contributed by atoms with E-state index in [0.29, 0.717) is 6.42 Å². The molecule has 0 unspecified atom stereocenters. The highest BCUT2D eigenvalue weighted by Crippen LogP contribution is 2.06. The molecule has 1 aromatic carbocycles. The fraction of sp³-hybridized carbons (Fsp3) is 0.588. The molecule has 0 aromatic heterocycles. The largest absolute Gasteiger partial charge is 0.308 e. The van der Waals surface area contributed by atoms with Crippen LogP contribution in [0.2, 0.25) is 0 Å². The van der Waals surface area contributed by atoms with Crippen molar-refractivity contribution in [1.29, 1.82) is 0 Å². The Bertz CT molecular complexity index is 425. The van der Waals surface area contributed by atoms with Gasteiger partial charge in [0, 0.05) is 57.8 Å². The number of hydrogen-bond donors (Lipinski definition) is 0. The monoisotopic (exact) mass is 289 g/mol. The van der Waals surface area contributed by atoms with Crippen molar-refractivity contribution in [1.82, 2.24) is 14.7 Å². The average molecular weight is 289 g/mol. The molecule has 0 N–H and O–H groups in total. The first-order valence-corrected chi connectivity index (χ1v) is 7.83. The van der Waals surface area contributed by atoms with E-state index in [1.165, 1.54) is 0 Å². The molecule has 4 heteroatoms. The lowest BCUT2D eigenvalue weighted by atomic mass is 10.1. The van der Waals surface area contributed by atoms with Gasteiger partial charge in [0.05, 0.1) is 0 Å². The number of benzene rings is 1. The lowest BCUT2D eigenvalue weighted by Crippen LogP contribution is -2.48. The zero-order chi connectivity index (χ0) is 15.1. The Labute approximate surface area is 128 Å². The van der Waals surface area contributed by atoms with Crippen molar-refractivity contribution in [3.63, 3.8) is 0 Å². The number of hydrogen-bond acceptors (Lipinski definition) is 4. The zero-order valence-electron chi connectivity index (χ0n) is 13.3. The Morgan fingerprint density at radius 2 is 1.57 bits per heavy atom. The number of nitrogens with zero attached hydrogens (tertiary/aromatic N) is 3. The molecule has 21 heavy (non-hydrogen) atoms. The van der Waals surface area contributed by atoms with E-state index in [1.54, 1.807) is 0 Å². The summed E-state index contributed by atoms with van der Waals surface area (Å²) in [7, 11) is 4.23. The van der Waals surface area contributed by atoms with E-state index in [4.69, 9.17) is 0 Å². The molecule has 1 heterocycles. The van der Waals surface area contributed by atoms with Crippen LogP contribution < -0.4 is 0 Å². The highest BCUT2D eigenvalue weighted by Gasteiger charge is 2.17. The van der Waals surface area contributed by atoms with E-state index in [1.807, 2.05) is 30.3 Å². The number of Topliss-reactive ketones (excluding diaryl/α,β-unsaturated/α-hetero) is 1. The van der Waals surface area contributed by atoms with Crippen molar-refractivity contribution in [3.05, 3.63) is 35.9 Å². The van der Waals surface area contributed by atoms with E-state index < -0.39 is 0 Å². The van der Waals surface area contributed by atoms with Gasteiger partial charge in [-0.1, -0.05) is 30.3 Å². The van der Waals surface area contributed by atoms with Crippen molar-refractivity contribution in [2.75, 3.05) is 59.9 Å². The second-order valence-electron chi connectivity index (χ2n) is 6.03. The average Bonchev–Trinajstić information content (AvgIpc) is 2.52. The summed E-state index contributed by atoms with van der Waals surface area (Å²) < 4.78 is 0. The summed E-state index contributed by atoms with van der Waals surface area (Å²) >= 11 is 0. The predicted octanol–water partition coefficient (Wildman–Crippen LogP) is 1.44. The molecule has 0 saturated carbocycles. The molecule has 4 nitrogen and oxygen atoms in total. The molecule has 0 bridgehead atoms. The van der Waals surface area contributed by atoms with Crippen LogP contribution in [0.15, 0.2) is 30.3 Å². The van der Waals surface area contributed by atoms with Crippen LogP contribution >= 0.6 is 0 Å². The number of likely N-dealkylation sites (N-methyl/N-ethyl adjacent to an activating group) is 1. The van der Waals surface area contributed by atoms with Crippen LogP contribution in [-0.2, 0) is 0 Å². The van der Waals surface area contributed by atoms with Crippen molar-refractivity contribution in [3.8, 4) is 0 Å². The Morgan fingerprint density at radius 3 is 2.14 bits per heavy atom. The predicted molar refractivity (Wildman–Crippen MR) is 86.8 cm³/mol. The van der Waals surface area contributed by atoms with E-state index >= 15 is 0 Å². The minimum Gasteiger partial charge on any atom is -0.308 e. The van der Waals surface area contributed by atoms with Gasteiger partial charge in [0.2, 0.25) is 0 Å². The van der Waals surface area contributed by atoms with E-state index in [0.717, 1.165) is 51.4 Å². The van der Waals surface area contributed by atoms with Gasteiger partial charge in [-0.2, -0.15) is 0 Å². The van der Waals surface area contributed by atoms with Gasteiger partial charge < -0.3 is 9.80 Å². The molecule has 1 aliphatic rings. The Balaban J connectivity index is 1.66. The lowest BCUT2D eigenvalue weighted by Gasteiger charge is -2.35. The van der Waals surface area contributed by atoms with Crippen LogP contribution in [0.1, 0.15) is 16.8 Å². The van der Waals surface area contributed by atoms with Crippen LogP contribution in [0.3, 0.4) is 0 Å². The van der Waals surface area contributed by atoms with Gasteiger partial charge in [0.1, 0.15) is 0 Å². The fourth-order valence-electron chi connectivity index (χ4n) is 2.61. The minimum atomic E-state index is 0.255. The van der Waals surface area contributed by atoms with Gasteiger partial charge in [-0.25, -0.2) is 0 Å². The van der Waals surface area contributed by atoms with Crippen LogP contribution in [0.4, 0.5) is 0 Å². The molecule has 0 atom stereocenters. The zero-order valence-corrected chi connectivity index (χ0v) is 13.3. The van der Waals surface area contributed by atoms with Crippen LogP contribution in [0.25, 0.3) is 0 Å². The standard InChI is InChI=1S/C17H27N3O/c1-18(2)10-11-20-14-12-19(13-15-20)9-8-17(21)16-6-4-3-5-7-16/h3-7H,8-15H2,1-2H3. The second-order valence-corrected chi connectivity index (χ2v) is 6.03. The van der Waals surface area contributed by atoms with Crippen LogP contribution in [0, 0.1) is 0 Å². The number of carbonyl (C=O) groups is 1. The molecule has 1 saturated heterocycles. The Hall–Kier alpha value is -1.23. The maximum atomic E-state index is 12.1. The number of carbonyl (C=O) groups excluding carboxylic acids is 1. The third-order valence-electron chi connectivity index (χ3n) is 4.08. The maximum Gasteiger partial charge on any atom is 0.164 e. The van der Waals surface area contributed by atoms with Crippen LogP contribution in [0.5, 0.6) is 0 Å². The van der Waals surface area contributed by atoms with E-state index in [9.17, 15) is 4.79 Å². The molecule has 2 rings (SSSR count). The first-order chi connectivity index (χ1) is 10.1. The first kappa shape index (κ1) is 16.1. The number of piperazine rings is 1. The van der Waals surface area contributed by atoms with E-state index in [-0.39, 0.29) is 5.78 Å². The van der Waals surface area contributed by atoms with Gasteiger partial charge in [-0.05, 0) is 14.1 Å². The summed E-state index contributed by atoms with van der Waals surface area (Å²) in [6.07, 6.45) is 0.627. The molecule has 1 aromatic rings. The Morgan fingerprint density at radius 1 is 1.00 bits per heavy atom. The summed E-state index contributed by atoms with van der Waals surface area (Å²) in [4.78, 5) is 19.2. The highest BCUT2D eigenvalue weighted by molar-refractivity contribution is 5.96. The van der Waals surface area contributed by atoms with Gasteiger partial charge in [0.15, 0.2) is 5.78 Å². The summed E-state index contributed by atoms with van der Waals surface area (Å²) in [6, 6.07) is 9.61. The smallest absolute Gasteiger partial charge is 0.164 e. The minimum absolute atomic E-state index is 0.255. The SMILES string of the molecule is CN(C)CCN1CCN(CCC(=O)c2ccccc2)CC1. The van der Waals surface area contributed by atoms with Gasteiger partial charge >= 0.3 is 0 Å². The topological polar surface area (TPSA) is 26.8 Å². The van der Waals surface area contributed by atoms with Gasteiger partial charge in [0.25, 0.3) is 0 Å². The summed E-state index contributed by atoms with van der Waals surface area (Å²) in [5.41, 5.74) is 0.835. The molecular weight excluding hydrogens is 262 g/mol. The quantitative estimate of drug-likeness (QED) is 0.710. The van der Waals surface area contributed by atoms with Crippen molar-refractivity contribution in [2.45, 2.75) is 6.42 Å². The van der Waals surface area contributed by atoms with Crippen molar-refractivity contribution >= 4 is 5.78 Å². The Kier molecular flexibility index (Phi) is 6.36. The van der Waals surface area contributed by atoms with Gasteiger partial charge in [-0.3, -0.25) is 9.69 Å². The highest BCUT2D eigenvalue weighted by atomic mass is 16.1. The van der Waals surface area contributed by atoms with Crippen LogP contribution in [-0.4, -0.2) is 80.4 Å².